The Kier molecular flexibility index (Phi) is 7.19. The molecule has 6 heavy (non-hydrogen) atoms. The Balaban J connectivity index is 0. The summed E-state index contributed by atoms with van der Waals surface area (Å²) in [5, 5.41) is 1.94. The van der Waals surface area contributed by atoms with E-state index in [9.17, 15) is 8.42 Å². The summed E-state index contributed by atoms with van der Waals surface area (Å²) in [6.45, 7) is 1.34. The van der Waals surface area contributed by atoms with Gasteiger partial charge in [-0.3, -0.25) is 0 Å². The van der Waals surface area contributed by atoms with E-state index in [1.54, 1.807) is 0 Å². The zero-order valence-electron chi connectivity index (χ0n) is 2.72. The lowest BCUT2D eigenvalue weighted by Gasteiger charge is -1.36. The van der Waals surface area contributed by atoms with Crippen molar-refractivity contribution in [1.29, 1.82) is 0 Å². The molecule has 0 atom stereocenters. The molecular weight excluding hydrogens is 100 g/mol. The second-order valence-corrected chi connectivity index (χ2v) is 1.32. The highest BCUT2D eigenvalue weighted by Crippen LogP contribution is 1.31. The molecule has 0 aliphatic carbocycles. The fourth-order valence-corrected chi connectivity index (χ4v) is 0. The molecule has 0 aromatic rings. The zero-order valence-corrected chi connectivity index (χ0v) is 3.54. The quantitative estimate of drug-likeness (QED) is 0.414. The molecule has 0 fully saturated rings. The van der Waals surface area contributed by atoms with Crippen molar-refractivity contribution in [3.05, 3.63) is 0 Å². The van der Waals surface area contributed by atoms with Crippen LogP contribution in [0.5, 0.6) is 0 Å². The average Bonchev–Trinajstić information content (AvgIpc) is 1.38. The second-order valence-electron chi connectivity index (χ2n) is 0.439. The van der Waals surface area contributed by atoms with Crippen molar-refractivity contribution in [1.82, 2.24) is 0 Å². The Morgan fingerprint density at radius 2 is 1.67 bits per heavy atom. The minimum Gasteiger partial charge on any atom is -0.184 e. The van der Waals surface area contributed by atoms with Gasteiger partial charge in [0.1, 0.15) is 0 Å². The van der Waals surface area contributed by atoms with Crippen LogP contribution in [0.25, 0.3) is 0 Å². The van der Waals surface area contributed by atoms with Crippen LogP contribution in [0.2, 0.25) is 0 Å². The fraction of sp³-hybridized carbons (Fsp3) is 0.667. The van der Waals surface area contributed by atoms with E-state index in [-0.39, 0.29) is 7.43 Å². The van der Waals surface area contributed by atoms with Crippen LogP contribution in [0.4, 0.5) is 0 Å². The lowest BCUT2D eigenvalue weighted by molar-refractivity contribution is 0.627. The predicted octanol–water partition coefficient (Wildman–Crippen LogP) is 0.201. The topological polar surface area (TPSA) is 34.1 Å². The van der Waals surface area contributed by atoms with Crippen LogP contribution >= 0.6 is 0 Å². The third-order valence-corrected chi connectivity index (χ3v) is 0.500. The molecule has 0 spiro atoms. The molecule has 0 aromatic heterocycles. The van der Waals surface area contributed by atoms with Crippen molar-refractivity contribution in [3.8, 4) is 0 Å². The maximum absolute atomic E-state index is 9.26. The van der Waals surface area contributed by atoms with Crippen molar-refractivity contribution in [3.63, 3.8) is 0 Å². The van der Waals surface area contributed by atoms with Gasteiger partial charge in [-0.25, -0.2) is 0 Å². The zero-order chi connectivity index (χ0) is 4.28. The van der Waals surface area contributed by atoms with Crippen molar-refractivity contribution in [2.24, 2.45) is 0 Å². The Morgan fingerprint density at radius 1 is 1.50 bits per heavy atom. The standard InChI is InChI=1S/C2H3O2S.CH4/c1-2-5(3)4;/h1H3;1H4. The molecule has 37 valence electrons. The lowest BCUT2D eigenvalue weighted by Crippen LogP contribution is -1.55. The Bertz CT molecular complexity index is 112. The minimum atomic E-state index is -2.07. The molecule has 0 unspecified atom stereocenters. The van der Waals surface area contributed by atoms with Gasteiger partial charge in [0.25, 0.3) is 0 Å². The normalized spacial score (nSPS) is 5.50. The number of rotatable bonds is 0. The van der Waals surface area contributed by atoms with Gasteiger partial charge >= 0.3 is 0 Å². The molecule has 0 aromatic carbocycles. The molecule has 0 N–H and O–H groups in total. The first kappa shape index (κ1) is 9.19. The molecule has 0 bridgehead atoms. The Hall–Kier alpha value is -0.310. The van der Waals surface area contributed by atoms with Crippen LogP contribution in [0.1, 0.15) is 14.4 Å². The van der Waals surface area contributed by atoms with Gasteiger partial charge in [-0.2, -0.15) is 8.42 Å². The van der Waals surface area contributed by atoms with Crippen LogP contribution in [0.15, 0.2) is 0 Å². The van der Waals surface area contributed by atoms with E-state index < -0.39 is 10.3 Å². The van der Waals surface area contributed by atoms with Gasteiger partial charge in [-0.15, -0.1) is 0 Å². The second kappa shape index (κ2) is 4.69. The average molecular weight is 107 g/mol. The van der Waals surface area contributed by atoms with Crippen LogP contribution in [0, 0.1) is 0 Å². The van der Waals surface area contributed by atoms with Gasteiger partial charge in [0, 0.05) is 0 Å². The summed E-state index contributed by atoms with van der Waals surface area (Å²) in [7, 11) is -2.07. The molecule has 0 saturated heterocycles. The van der Waals surface area contributed by atoms with E-state index in [4.69, 9.17) is 0 Å². The van der Waals surface area contributed by atoms with E-state index in [0.717, 1.165) is 0 Å². The molecule has 0 saturated carbocycles. The Labute approximate surface area is 39.3 Å². The van der Waals surface area contributed by atoms with E-state index in [2.05, 4.69) is 0 Å². The molecule has 3 heteroatoms. The maximum atomic E-state index is 9.26. The summed E-state index contributed by atoms with van der Waals surface area (Å²) < 4.78 is 18.5. The van der Waals surface area contributed by atoms with Crippen LogP contribution < -0.4 is 0 Å². The van der Waals surface area contributed by atoms with Gasteiger partial charge in [0.15, 0.2) is 0 Å². The van der Waals surface area contributed by atoms with E-state index in [1.165, 1.54) is 6.92 Å². The summed E-state index contributed by atoms with van der Waals surface area (Å²) in [5.41, 5.74) is 0. The fourth-order valence-electron chi connectivity index (χ4n) is 0. The molecular formula is C3H7O2S. The third-order valence-electron chi connectivity index (χ3n) is 0.167. The summed E-state index contributed by atoms with van der Waals surface area (Å²) in [4.78, 5) is 0. The molecule has 0 rings (SSSR count). The van der Waals surface area contributed by atoms with Crippen molar-refractivity contribution in [2.75, 3.05) is 0 Å². The predicted molar refractivity (Wildman–Crippen MR) is 26.3 cm³/mol. The Morgan fingerprint density at radius 3 is 1.67 bits per heavy atom. The van der Waals surface area contributed by atoms with E-state index in [1.807, 2.05) is 5.37 Å². The highest BCUT2D eigenvalue weighted by atomic mass is 32.2. The van der Waals surface area contributed by atoms with Gasteiger partial charge in [0.2, 0.25) is 10.3 Å². The molecule has 1 radical (unpaired) electrons. The smallest absolute Gasteiger partial charge is 0.184 e. The van der Waals surface area contributed by atoms with Crippen LogP contribution in [-0.2, 0) is 10.3 Å². The van der Waals surface area contributed by atoms with Crippen LogP contribution in [0.3, 0.4) is 0 Å². The first-order valence-corrected chi connectivity index (χ1v) is 2.11. The number of hydrogen-bond donors (Lipinski definition) is 0. The van der Waals surface area contributed by atoms with Crippen molar-refractivity contribution >= 4 is 15.7 Å². The molecule has 2 nitrogen and oxygen atoms in total. The SMILES string of the molecule is C.C[C]=S(=O)=O. The van der Waals surface area contributed by atoms with Gasteiger partial charge < -0.3 is 0 Å². The molecule has 0 heterocycles. The van der Waals surface area contributed by atoms with Crippen LogP contribution in [-0.4, -0.2) is 13.8 Å². The monoisotopic (exact) mass is 107 g/mol. The molecule has 0 amide bonds. The summed E-state index contributed by atoms with van der Waals surface area (Å²) in [6.07, 6.45) is 0. The summed E-state index contributed by atoms with van der Waals surface area (Å²) >= 11 is 0. The highest BCUT2D eigenvalue weighted by molar-refractivity contribution is 7.71. The highest BCUT2D eigenvalue weighted by Gasteiger charge is 1.49. The first-order valence-electron chi connectivity index (χ1n) is 1.04. The largest absolute Gasteiger partial charge is 0.218 e. The van der Waals surface area contributed by atoms with Gasteiger partial charge in [-0.1, -0.05) is 7.43 Å². The van der Waals surface area contributed by atoms with Gasteiger partial charge in [0.05, 0.1) is 5.37 Å². The first-order chi connectivity index (χ1) is 2.27. The third kappa shape index (κ3) is 9.35. The van der Waals surface area contributed by atoms with Crippen molar-refractivity contribution in [2.45, 2.75) is 14.4 Å². The molecule has 0 aliphatic heterocycles. The summed E-state index contributed by atoms with van der Waals surface area (Å²) in [5.74, 6) is 0. The number of hydrogen-bond acceptors (Lipinski definition) is 2. The molecule has 0 aliphatic rings. The lowest BCUT2D eigenvalue weighted by atomic mass is 11.0. The van der Waals surface area contributed by atoms with E-state index in [0.29, 0.717) is 0 Å². The maximum Gasteiger partial charge on any atom is 0.218 e. The van der Waals surface area contributed by atoms with E-state index >= 15 is 0 Å². The van der Waals surface area contributed by atoms with Gasteiger partial charge in [-0.05, 0) is 6.92 Å². The minimum absolute atomic E-state index is 0. The summed E-state index contributed by atoms with van der Waals surface area (Å²) in [6, 6.07) is 0. The van der Waals surface area contributed by atoms with Crippen molar-refractivity contribution < 1.29 is 8.42 Å².